The number of rotatable bonds is 7. The highest BCUT2D eigenvalue weighted by atomic mass is 14.2. The summed E-state index contributed by atoms with van der Waals surface area (Å²) in [6.07, 6.45) is 8.99. The molecule has 0 fully saturated rings. The third-order valence-electron chi connectivity index (χ3n) is 3.10. The first-order valence-corrected chi connectivity index (χ1v) is 6.27. The third-order valence-corrected chi connectivity index (χ3v) is 3.10. The van der Waals surface area contributed by atoms with Gasteiger partial charge in [0.15, 0.2) is 0 Å². The van der Waals surface area contributed by atoms with Gasteiger partial charge in [-0.15, -0.1) is 0 Å². The smallest absolute Gasteiger partial charge is 0.0292 e. The standard InChI is InChI=1S/C14H28/c1-6-8-9-10-13(5)11-14(7-2)12(3)4/h10,12,14H,6-9,11H2,1-5H3. The first-order valence-electron chi connectivity index (χ1n) is 6.27. The molecule has 0 aromatic heterocycles. The van der Waals surface area contributed by atoms with Crippen molar-refractivity contribution in [2.24, 2.45) is 11.8 Å². The van der Waals surface area contributed by atoms with Crippen LogP contribution in [0.4, 0.5) is 0 Å². The zero-order valence-corrected chi connectivity index (χ0v) is 10.8. The summed E-state index contributed by atoms with van der Waals surface area (Å²) >= 11 is 0. The zero-order chi connectivity index (χ0) is 11.0. The summed E-state index contributed by atoms with van der Waals surface area (Å²) in [4.78, 5) is 0. The Kier molecular flexibility index (Phi) is 7.93. The van der Waals surface area contributed by atoms with Gasteiger partial charge in [0.05, 0.1) is 0 Å². The van der Waals surface area contributed by atoms with Gasteiger partial charge in [0.25, 0.3) is 0 Å². The summed E-state index contributed by atoms with van der Waals surface area (Å²) in [5, 5.41) is 0. The van der Waals surface area contributed by atoms with Gasteiger partial charge >= 0.3 is 0 Å². The van der Waals surface area contributed by atoms with Crippen molar-refractivity contribution in [2.75, 3.05) is 0 Å². The van der Waals surface area contributed by atoms with Gasteiger partial charge in [-0.1, -0.05) is 58.6 Å². The highest BCUT2D eigenvalue weighted by Crippen LogP contribution is 2.23. The van der Waals surface area contributed by atoms with Crippen molar-refractivity contribution < 1.29 is 0 Å². The lowest BCUT2D eigenvalue weighted by Crippen LogP contribution is -2.07. The summed E-state index contributed by atoms with van der Waals surface area (Å²) in [7, 11) is 0. The molecule has 0 spiro atoms. The second kappa shape index (κ2) is 8.08. The number of allylic oxidation sites excluding steroid dienone is 2. The van der Waals surface area contributed by atoms with E-state index < -0.39 is 0 Å². The minimum atomic E-state index is 0.828. The van der Waals surface area contributed by atoms with Crippen LogP contribution < -0.4 is 0 Å². The van der Waals surface area contributed by atoms with E-state index in [9.17, 15) is 0 Å². The van der Waals surface area contributed by atoms with Crippen LogP contribution in [0.25, 0.3) is 0 Å². The monoisotopic (exact) mass is 196 g/mol. The maximum atomic E-state index is 2.44. The largest absolute Gasteiger partial charge is 0.0856 e. The predicted octanol–water partition coefficient (Wildman–Crippen LogP) is 5.20. The molecule has 1 atom stereocenters. The molecule has 14 heavy (non-hydrogen) atoms. The topological polar surface area (TPSA) is 0 Å². The summed E-state index contributed by atoms with van der Waals surface area (Å²) in [6.45, 7) is 11.5. The van der Waals surface area contributed by atoms with Crippen molar-refractivity contribution in [1.82, 2.24) is 0 Å². The molecule has 0 saturated heterocycles. The summed E-state index contributed by atoms with van der Waals surface area (Å²) in [5.74, 6) is 1.71. The van der Waals surface area contributed by atoms with E-state index in [-0.39, 0.29) is 0 Å². The molecule has 0 aliphatic rings. The Hall–Kier alpha value is -0.260. The van der Waals surface area contributed by atoms with E-state index >= 15 is 0 Å². The quantitative estimate of drug-likeness (QED) is 0.388. The maximum absolute atomic E-state index is 2.44. The van der Waals surface area contributed by atoms with Crippen molar-refractivity contribution in [1.29, 1.82) is 0 Å². The average Bonchev–Trinajstić information content (AvgIpc) is 2.14. The fourth-order valence-electron chi connectivity index (χ4n) is 1.90. The Morgan fingerprint density at radius 1 is 1.21 bits per heavy atom. The normalized spacial score (nSPS) is 14.9. The SMILES string of the molecule is CCCCC=C(C)CC(CC)C(C)C. The fourth-order valence-corrected chi connectivity index (χ4v) is 1.90. The molecule has 0 heteroatoms. The van der Waals surface area contributed by atoms with E-state index in [1.807, 2.05) is 0 Å². The molecule has 0 aromatic carbocycles. The van der Waals surface area contributed by atoms with Crippen LogP contribution in [0.15, 0.2) is 11.6 Å². The second-order valence-electron chi connectivity index (χ2n) is 4.81. The van der Waals surface area contributed by atoms with Crippen molar-refractivity contribution >= 4 is 0 Å². The first kappa shape index (κ1) is 13.7. The molecule has 0 bridgehead atoms. The Morgan fingerprint density at radius 2 is 1.86 bits per heavy atom. The Labute approximate surface area is 90.8 Å². The molecule has 0 aromatic rings. The van der Waals surface area contributed by atoms with E-state index in [2.05, 4.69) is 40.7 Å². The molecule has 0 nitrogen and oxygen atoms in total. The van der Waals surface area contributed by atoms with Gasteiger partial charge in [0, 0.05) is 0 Å². The molecular weight excluding hydrogens is 168 g/mol. The van der Waals surface area contributed by atoms with Crippen LogP contribution in [0, 0.1) is 11.8 Å². The number of hydrogen-bond acceptors (Lipinski definition) is 0. The van der Waals surface area contributed by atoms with E-state index in [1.54, 1.807) is 5.57 Å². The van der Waals surface area contributed by atoms with Crippen molar-refractivity contribution in [3.63, 3.8) is 0 Å². The van der Waals surface area contributed by atoms with Gasteiger partial charge in [-0.25, -0.2) is 0 Å². The molecule has 0 radical (unpaired) electrons. The lowest BCUT2D eigenvalue weighted by molar-refractivity contribution is 0.369. The van der Waals surface area contributed by atoms with Gasteiger partial charge in [-0.05, 0) is 31.6 Å². The molecule has 84 valence electrons. The number of unbranched alkanes of at least 4 members (excludes halogenated alkanes) is 2. The first-order chi connectivity index (χ1) is 6.61. The van der Waals surface area contributed by atoms with Crippen LogP contribution in [-0.4, -0.2) is 0 Å². The molecular formula is C14H28. The Balaban J connectivity index is 3.88. The van der Waals surface area contributed by atoms with Crippen LogP contribution in [0.1, 0.15) is 66.7 Å². The van der Waals surface area contributed by atoms with Crippen LogP contribution in [0.5, 0.6) is 0 Å². The minimum Gasteiger partial charge on any atom is -0.0856 e. The van der Waals surface area contributed by atoms with Gasteiger partial charge < -0.3 is 0 Å². The van der Waals surface area contributed by atoms with Crippen molar-refractivity contribution in [3.8, 4) is 0 Å². The van der Waals surface area contributed by atoms with E-state index in [0.29, 0.717) is 0 Å². The van der Waals surface area contributed by atoms with Crippen molar-refractivity contribution in [2.45, 2.75) is 66.7 Å². The van der Waals surface area contributed by atoms with Gasteiger partial charge in [0.2, 0.25) is 0 Å². The molecule has 0 amide bonds. The minimum absolute atomic E-state index is 0.828. The van der Waals surface area contributed by atoms with Crippen LogP contribution in [-0.2, 0) is 0 Å². The Morgan fingerprint density at radius 3 is 2.29 bits per heavy atom. The Bertz CT molecular complexity index is 153. The summed E-state index contributed by atoms with van der Waals surface area (Å²) in [6, 6.07) is 0. The molecule has 0 aliphatic heterocycles. The van der Waals surface area contributed by atoms with E-state index in [4.69, 9.17) is 0 Å². The fraction of sp³-hybridized carbons (Fsp3) is 0.857. The molecule has 0 saturated carbocycles. The maximum Gasteiger partial charge on any atom is -0.0292 e. The molecule has 0 N–H and O–H groups in total. The van der Waals surface area contributed by atoms with Gasteiger partial charge in [0.1, 0.15) is 0 Å². The predicted molar refractivity (Wildman–Crippen MR) is 66.5 cm³/mol. The second-order valence-corrected chi connectivity index (χ2v) is 4.81. The van der Waals surface area contributed by atoms with Crippen molar-refractivity contribution in [3.05, 3.63) is 11.6 Å². The lowest BCUT2D eigenvalue weighted by Gasteiger charge is -2.19. The summed E-state index contributed by atoms with van der Waals surface area (Å²) in [5.41, 5.74) is 1.60. The molecule has 0 heterocycles. The van der Waals surface area contributed by atoms with Crippen LogP contribution in [0.3, 0.4) is 0 Å². The van der Waals surface area contributed by atoms with E-state index in [0.717, 1.165) is 11.8 Å². The molecule has 1 unspecified atom stereocenters. The van der Waals surface area contributed by atoms with E-state index in [1.165, 1.54) is 32.1 Å². The summed E-state index contributed by atoms with van der Waals surface area (Å²) < 4.78 is 0. The third kappa shape index (κ3) is 6.23. The zero-order valence-electron chi connectivity index (χ0n) is 10.8. The number of hydrogen-bond donors (Lipinski definition) is 0. The van der Waals surface area contributed by atoms with Gasteiger partial charge in [-0.2, -0.15) is 0 Å². The molecule has 0 aliphatic carbocycles. The molecule has 0 rings (SSSR count). The lowest BCUT2D eigenvalue weighted by atomic mass is 9.87. The van der Waals surface area contributed by atoms with Gasteiger partial charge in [-0.3, -0.25) is 0 Å². The average molecular weight is 196 g/mol. The highest BCUT2D eigenvalue weighted by molar-refractivity contribution is 4.99. The van der Waals surface area contributed by atoms with Crippen LogP contribution >= 0.6 is 0 Å². The van der Waals surface area contributed by atoms with Crippen LogP contribution in [0.2, 0.25) is 0 Å². The highest BCUT2D eigenvalue weighted by Gasteiger charge is 2.10.